The third kappa shape index (κ3) is 42.8. The van der Waals surface area contributed by atoms with E-state index in [4.69, 9.17) is 19.1 Å². The largest absolute Gasteiger partial charge is 0.472 e. The van der Waals surface area contributed by atoms with Crippen molar-refractivity contribution in [2.45, 2.75) is 167 Å². The molecule has 0 spiro atoms. The number of hydrogen-bond acceptors (Lipinski definition) is 9. The number of ether oxygens (including phenoxy) is 2. The summed E-state index contributed by atoms with van der Waals surface area (Å²) in [4.78, 5) is 35.0. The Morgan fingerprint density at radius 2 is 0.949 bits per heavy atom. The number of carbonyl (C=O) groups is 2. The Balaban J connectivity index is 4.45. The molecule has 0 aliphatic rings. The van der Waals surface area contributed by atoms with Crippen LogP contribution < -0.4 is 0 Å². The monoisotopic (exact) mass is 847 g/mol. The number of carbonyl (C=O) groups excluding carboxylic acids is 2. The number of unbranched alkanes of at least 4 members (excludes halogenated alkanes) is 10. The Hall–Kier alpha value is -3.11. The fourth-order valence-corrected chi connectivity index (χ4v) is 6.12. The first kappa shape index (κ1) is 55.9. The van der Waals surface area contributed by atoms with Gasteiger partial charge in [0, 0.05) is 12.8 Å². The summed E-state index contributed by atoms with van der Waals surface area (Å²) in [5, 5.41) is 18.3. The standard InChI is InChI=1S/C48H79O10P/c1-3-5-7-9-11-13-15-17-19-21-22-24-25-27-29-31-33-35-37-39-47(51)55-43-46(44-57-59(53,54)56-42-45(50)41-49)58-48(52)40-38-36-34-32-30-28-26-23-20-18-16-14-12-10-8-6-4-2/h5,7,11,13,17-20,22,24,26-29,32,34,45-46,49-50H,3-4,6,8-10,12,14-16,21,23,25,30-31,33,35-44H2,1-2H3,(H,53,54)/b7-5+,13-11+,19-17+,20-18+,24-22+,28-26+,29-27+,34-32+/t45-,46+/m0/s1. The number of phosphoric acid groups is 1. The summed E-state index contributed by atoms with van der Waals surface area (Å²) in [6.07, 6.45) is 52.4. The van der Waals surface area contributed by atoms with E-state index in [1.54, 1.807) is 0 Å². The van der Waals surface area contributed by atoms with Crippen LogP contribution >= 0.6 is 7.82 Å². The first-order valence-electron chi connectivity index (χ1n) is 22.2. The van der Waals surface area contributed by atoms with E-state index in [2.05, 4.69) is 110 Å². The van der Waals surface area contributed by atoms with Crippen molar-refractivity contribution in [3.05, 3.63) is 97.2 Å². The Kier molecular flexibility index (Phi) is 40.7. The highest BCUT2D eigenvalue weighted by Gasteiger charge is 2.27. The molecule has 0 aliphatic carbocycles. The summed E-state index contributed by atoms with van der Waals surface area (Å²) in [5.74, 6) is -1.03. The summed E-state index contributed by atoms with van der Waals surface area (Å²) in [6.45, 7) is 2.14. The van der Waals surface area contributed by atoms with E-state index >= 15 is 0 Å². The van der Waals surface area contributed by atoms with Gasteiger partial charge in [0.05, 0.1) is 19.8 Å². The minimum Gasteiger partial charge on any atom is -0.462 e. The van der Waals surface area contributed by atoms with Gasteiger partial charge in [-0.25, -0.2) is 4.57 Å². The normalized spacial score (nSPS) is 14.7. The van der Waals surface area contributed by atoms with Crippen molar-refractivity contribution in [1.29, 1.82) is 0 Å². The highest BCUT2D eigenvalue weighted by Crippen LogP contribution is 2.43. The second-order valence-electron chi connectivity index (χ2n) is 14.3. The van der Waals surface area contributed by atoms with Gasteiger partial charge in [-0.1, -0.05) is 150 Å². The maximum Gasteiger partial charge on any atom is 0.472 e. The molecular weight excluding hydrogens is 767 g/mol. The fourth-order valence-electron chi connectivity index (χ4n) is 5.33. The topological polar surface area (TPSA) is 149 Å². The lowest BCUT2D eigenvalue weighted by Crippen LogP contribution is -2.29. The lowest BCUT2D eigenvalue weighted by atomic mass is 10.1. The van der Waals surface area contributed by atoms with Gasteiger partial charge in [0.25, 0.3) is 0 Å². The van der Waals surface area contributed by atoms with Crippen molar-refractivity contribution in [1.82, 2.24) is 0 Å². The molecule has 0 amide bonds. The van der Waals surface area contributed by atoms with Crippen LogP contribution in [0.4, 0.5) is 0 Å². The van der Waals surface area contributed by atoms with E-state index in [-0.39, 0.29) is 19.4 Å². The molecular formula is C48H79O10P. The van der Waals surface area contributed by atoms with E-state index in [1.807, 2.05) is 6.08 Å². The van der Waals surface area contributed by atoms with Gasteiger partial charge < -0.3 is 24.6 Å². The van der Waals surface area contributed by atoms with Crippen molar-refractivity contribution in [2.75, 3.05) is 26.4 Å². The van der Waals surface area contributed by atoms with Gasteiger partial charge in [-0.2, -0.15) is 0 Å². The third-order valence-electron chi connectivity index (χ3n) is 8.72. The maximum absolute atomic E-state index is 12.6. The van der Waals surface area contributed by atoms with Crippen LogP contribution in [-0.2, 0) is 32.7 Å². The predicted octanol–water partition coefficient (Wildman–Crippen LogP) is 12.0. The van der Waals surface area contributed by atoms with E-state index in [0.717, 1.165) is 70.6 Å². The van der Waals surface area contributed by atoms with Gasteiger partial charge in [0.15, 0.2) is 6.10 Å². The number of esters is 2. The van der Waals surface area contributed by atoms with E-state index in [1.165, 1.54) is 38.5 Å². The molecule has 3 N–H and O–H groups in total. The molecule has 3 atom stereocenters. The molecule has 0 aromatic carbocycles. The highest BCUT2D eigenvalue weighted by atomic mass is 31.2. The van der Waals surface area contributed by atoms with E-state index in [0.29, 0.717) is 19.3 Å². The molecule has 0 aromatic rings. The molecule has 0 aliphatic heterocycles. The number of allylic oxidation sites excluding steroid dienone is 16. The van der Waals surface area contributed by atoms with Gasteiger partial charge in [-0.15, -0.1) is 0 Å². The molecule has 59 heavy (non-hydrogen) atoms. The first-order valence-corrected chi connectivity index (χ1v) is 23.7. The molecule has 0 radical (unpaired) electrons. The predicted molar refractivity (Wildman–Crippen MR) is 242 cm³/mol. The summed E-state index contributed by atoms with van der Waals surface area (Å²) >= 11 is 0. The van der Waals surface area contributed by atoms with Gasteiger partial charge >= 0.3 is 19.8 Å². The second-order valence-corrected chi connectivity index (χ2v) is 15.8. The molecule has 0 rings (SSSR count). The van der Waals surface area contributed by atoms with Crippen molar-refractivity contribution < 1.29 is 47.8 Å². The number of phosphoric ester groups is 1. The minimum atomic E-state index is -4.65. The summed E-state index contributed by atoms with van der Waals surface area (Å²) in [5.41, 5.74) is 0. The van der Waals surface area contributed by atoms with Crippen LogP contribution in [0.5, 0.6) is 0 Å². The minimum absolute atomic E-state index is 0.0991. The molecule has 0 bridgehead atoms. The van der Waals surface area contributed by atoms with E-state index < -0.39 is 51.8 Å². The van der Waals surface area contributed by atoms with Crippen LogP contribution in [0.2, 0.25) is 0 Å². The van der Waals surface area contributed by atoms with Gasteiger partial charge in [-0.3, -0.25) is 18.6 Å². The zero-order valence-electron chi connectivity index (χ0n) is 36.4. The van der Waals surface area contributed by atoms with Gasteiger partial charge in [0.2, 0.25) is 0 Å². The van der Waals surface area contributed by atoms with Crippen LogP contribution in [0.3, 0.4) is 0 Å². The zero-order chi connectivity index (χ0) is 43.3. The van der Waals surface area contributed by atoms with Crippen LogP contribution in [0.15, 0.2) is 97.2 Å². The fraction of sp³-hybridized carbons (Fsp3) is 0.625. The van der Waals surface area contributed by atoms with Crippen molar-refractivity contribution in [3.8, 4) is 0 Å². The molecule has 10 nitrogen and oxygen atoms in total. The highest BCUT2D eigenvalue weighted by molar-refractivity contribution is 7.47. The number of rotatable bonds is 40. The van der Waals surface area contributed by atoms with Gasteiger partial charge in [0.1, 0.15) is 12.7 Å². The smallest absolute Gasteiger partial charge is 0.462 e. The van der Waals surface area contributed by atoms with Crippen LogP contribution in [0, 0.1) is 0 Å². The summed E-state index contributed by atoms with van der Waals surface area (Å²) in [6, 6.07) is 0. The zero-order valence-corrected chi connectivity index (χ0v) is 37.3. The van der Waals surface area contributed by atoms with Gasteiger partial charge in [-0.05, 0) is 89.9 Å². The lowest BCUT2D eigenvalue weighted by Gasteiger charge is -2.20. The Labute approximate surface area is 357 Å². The summed E-state index contributed by atoms with van der Waals surface area (Å²) in [7, 11) is -4.65. The Morgan fingerprint density at radius 1 is 0.525 bits per heavy atom. The maximum atomic E-state index is 12.6. The van der Waals surface area contributed by atoms with Crippen LogP contribution in [0.1, 0.15) is 155 Å². The summed E-state index contributed by atoms with van der Waals surface area (Å²) < 4.78 is 32.6. The molecule has 0 heterocycles. The Bertz CT molecular complexity index is 1300. The SMILES string of the molecule is CC/C=C/C/C=C/C/C=C/C/C=C/C/C=C/CCCCCC(=O)OC[C@H](COP(=O)(O)OC[C@@H](O)CO)OC(=O)CCC/C=C/C/C=C/C/C=C/CCCCCCCC. The quantitative estimate of drug-likeness (QED) is 0.0235. The number of aliphatic hydroxyl groups is 2. The molecule has 0 saturated carbocycles. The first-order chi connectivity index (χ1) is 28.7. The molecule has 1 unspecified atom stereocenters. The van der Waals surface area contributed by atoms with Crippen molar-refractivity contribution in [2.24, 2.45) is 0 Å². The molecule has 11 heteroatoms. The van der Waals surface area contributed by atoms with Crippen molar-refractivity contribution in [3.63, 3.8) is 0 Å². The molecule has 0 fully saturated rings. The molecule has 0 saturated heterocycles. The number of aliphatic hydroxyl groups excluding tert-OH is 2. The lowest BCUT2D eigenvalue weighted by molar-refractivity contribution is -0.161. The van der Waals surface area contributed by atoms with Crippen LogP contribution in [0.25, 0.3) is 0 Å². The average molecular weight is 847 g/mol. The molecule has 0 aromatic heterocycles. The number of hydrogen-bond donors (Lipinski definition) is 3. The Morgan fingerprint density at radius 3 is 1.46 bits per heavy atom. The van der Waals surface area contributed by atoms with Crippen LogP contribution in [-0.4, -0.2) is 65.7 Å². The van der Waals surface area contributed by atoms with E-state index in [9.17, 15) is 24.2 Å². The third-order valence-corrected chi connectivity index (χ3v) is 9.67. The molecule has 336 valence electrons. The second kappa shape index (κ2) is 43.0. The van der Waals surface area contributed by atoms with Crippen molar-refractivity contribution >= 4 is 19.8 Å². The average Bonchev–Trinajstić information content (AvgIpc) is 3.22.